The van der Waals surface area contributed by atoms with Crippen molar-refractivity contribution in [1.29, 1.82) is 0 Å². The van der Waals surface area contributed by atoms with Crippen LogP contribution in [0.3, 0.4) is 0 Å². The van der Waals surface area contributed by atoms with Crippen LogP contribution in [-0.4, -0.2) is 11.2 Å². The highest BCUT2D eigenvalue weighted by atomic mass is 32.1. The number of thiocarbonyl (C=S) groups is 1. The highest BCUT2D eigenvalue weighted by Gasteiger charge is 2.17. The fraction of sp³-hybridized carbons (Fsp3) is 0.444. The summed E-state index contributed by atoms with van der Waals surface area (Å²) in [7, 11) is 0. The maximum atomic E-state index is 4.60. The highest BCUT2D eigenvalue weighted by molar-refractivity contribution is 7.78. The lowest BCUT2D eigenvalue weighted by molar-refractivity contribution is 0.589. The maximum absolute atomic E-state index is 4.60. The van der Waals surface area contributed by atoms with Gasteiger partial charge in [-0.2, -0.15) is 0 Å². The van der Waals surface area contributed by atoms with Gasteiger partial charge in [0.2, 0.25) is 0 Å². The predicted molar refractivity (Wildman–Crippen MR) is 55.2 cm³/mol. The third kappa shape index (κ3) is 1.48. The van der Waals surface area contributed by atoms with Crippen molar-refractivity contribution in [2.24, 2.45) is 4.99 Å². The molecule has 3 heteroatoms. The molecule has 0 N–H and O–H groups in total. The fourth-order valence-electron chi connectivity index (χ4n) is 1.61. The predicted octanol–water partition coefficient (Wildman–Crippen LogP) is 2.71. The molecular weight excluding hydrogens is 186 g/mol. The summed E-state index contributed by atoms with van der Waals surface area (Å²) >= 11 is 6.45. The zero-order valence-electron chi connectivity index (χ0n) is 6.62. The van der Waals surface area contributed by atoms with Gasteiger partial charge in [0.05, 0.1) is 11.2 Å². The van der Waals surface area contributed by atoms with Crippen LogP contribution in [-0.2, 0) is 12.8 Å². The second kappa shape index (κ2) is 3.48. The Bertz CT molecular complexity index is 323. The largest absolute Gasteiger partial charge is 0.229 e. The molecule has 0 radical (unpaired) electrons. The van der Waals surface area contributed by atoms with Crippen molar-refractivity contribution in [1.82, 2.24) is 0 Å². The van der Waals surface area contributed by atoms with E-state index < -0.39 is 0 Å². The van der Waals surface area contributed by atoms with Gasteiger partial charge in [-0.3, -0.25) is 0 Å². The third-order valence-corrected chi connectivity index (χ3v) is 3.36. The molecule has 0 amide bonds. The van der Waals surface area contributed by atoms with Gasteiger partial charge in [-0.15, -0.1) is 11.3 Å². The Morgan fingerprint density at radius 1 is 1.67 bits per heavy atom. The van der Waals surface area contributed by atoms with E-state index in [1.54, 1.807) is 0 Å². The van der Waals surface area contributed by atoms with Gasteiger partial charge >= 0.3 is 0 Å². The van der Waals surface area contributed by atoms with Gasteiger partial charge in [0.15, 0.2) is 0 Å². The van der Waals surface area contributed by atoms with Crippen LogP contribution in [0.25, 0.3) is 0 Å². The van der Waals surface area contributed by atoms with Gasteiger partial charge in [0.25, 0.3) is 0 Å². The van der Waals surface area contributed by atoms with E-state index in [4.69, 9.17) is 0 Å². The minimum Gasteiger partial charge on any atom is -0.229 e. The molecule has 0 aromatic carbocycles. The van der Waals surface area contributed by atoms with E-state index in [9.17, 15) is 0 Å². The van der Waals surface area contributed by atoms with E-state index in [-0.39, 0.29) is 0 Å². The van der Waals surface area contributed by atoms with Crippen LogP contribution in [0.2, 0.25) is 0 Å². The Morgan fingerprint density at radius 3 is 3.42 bits per heavy atom. The van der Waals surface area contributed by atoms with Crippen LogP contribution < -0.4 is 0 Å². The molecule has 2 rings (SSSR count). The lowest BCUT2D eigenvalue weighted by Gasteiger charge is -2.16. The highest BCUT2D eigenvalue weighted by Crippen LogP contribution is 2.27. The monoisotopic (exact) mass is 195 g/mol. The molecule has 1 atom stereocenters. The first-order valence-corrected chi connectivity index (χ1v) is 5.31. The van der Waals surface area contributed by atoms with Gasteiger partial charge in [-0.25, -0.2) is 4.99 Å². The molecule has 0 bridgehead atoms. The smallest absolute Gasteiger partial charge is 0.0646 e. The van der Waals surface area contributed by atoms with E-state index in [1.807, 2.05) is 11.3 Å². The summed E-state index contributed by atoms with van der Waals surface area (Å²) in [5, 5.41) is 4.63. The molecule has 1 unspecified atom stereocenters. The molecule has 1 aliphatic carbocycles. The van der Waals surface area contributed by atoms with Gasteiger partial charge in [0.1, 0.15) is 0 Å². The number of hydrogen-bond donors (Lipinski definition) is 0. The number of aryl methyl sites for hydroxylation is 1. The van der Waals surface area contributed by atoms with E-state index >= 15 is 0 Å². The summed E-state index contributed by atoms with van der Waals surface area (Å²) in [6.07, 6.45) is 3.36. The van der Waals surface area contributed by atoms with Gasteiger partial charge in [0, 0.05) is 4.88 Å². The molecule has 1 heterocycles. The standard InChI is InChI=1S/C9H9NS2/c11-6-10-8-1-2-9-7(5-8)3-4-12-9/h3-4,8H,1-2,5H2. The zero-order valence-corrected chi connectivity index (χ0v) is 8.25. The quantitative estimate of drug-likeness (QED) is 0.496. The lowest BCUT2D eigenvalue weighted by Crippen LogP contribution is -2.15. The van der Waals surface area contributed by atoms with E-state index in [0.29, 0.717) is 6.04 Å². The van der Waals surface area contributed by atoms with Gasteiger partial charge in [-0.05, 0) is 48.5 Å². The summed E-state index contributed by atoms with van der Waals surface area (Å²) in [4.78, 5) is 5.66. The molecule has 1 nitrogen and oxygen atoms in total. The lowest BCUT2D eigenvalue weighted by atomic mass is 9.95. The Kier molecular flexibility index (Phi) is 2.35. The van der Waals surface area contributed by atoms with Crippen molar-refractivity contribution >= 4 is 28.7 Å². The van der Waals surface area contributed by atoms with Crippen molar-refractivity contribution in [2.45, 2.75) is 25.3 Å². The third-order valence-electron chi connectivity index (χ3n) is 2.23. The molecule has 0 saturated heterocycles. The fourth-order valence-corrected chi connectivity index (χ4v) is 2.69. The zero-order chi connectivity index (χ0) is 8.39. The van der Waals surface area contributed by atoms with Crippen LogP contribution in [0.15, 0.2) is 16.4 Å². The number of hydrogen-bond acceptors (Lipinski definition) is 3. The van der Waals surface area contributed by atoms with Crippen molar-refractivity contribution in [2.75, 3.05) is 0 Å². The molecule has 1 aliphatic rings. The summed E-state index contributed by atoms with van der Waals surface area (Å²) in [5.41, 5.74) is 1.46. The molecule has 0 spiro atoms. The normalized spacial score (nSPS) is 21.2. The minimum absolute atomic E-state index is 0.393. The first-order chi connectivity index (χ1) is 5.90. The van der Waals surface area contributed by atoms with Crippen molar-refractivity contribution < 1.29 is 0 Å². The Labute approximate surface area is 81.1 Å². The first kappa shape index (κ1) is 8.11. The van der Waals surface area contributed by atoms with E-state index in [1.165, 1.54) is 10.4 Å². The van der Waals surface area contributed by atoms with Crippen molar-refractivity contribution in [3.05, 3.63) is 21.9 Å². The molecule has 12 heavy (non-hydrogen) atoms. The number of aliphatic imine (C=N–C) groups is 1. The number of nitrogens with zero attached hydrogens (tertiary/aromatic N) is 1. The second-order valence-electron chi connectivity index (χ2n) is 2.99. The van der Waals surface area contributed by atoms with Crippen molar-refractivity contribution in [3.8, 4) is 0 Å². The molecule has 0 saturated carbocycles. The Morgan fingerprint density at radius 2 is 2.58 bits per heavy atom. The average Bonchev–Trinajstić information content (AvgIpc) is 2.51. The Hall–Kier alpha value is -0.500. The molecule has 1 aromatic rings. The summed E-state index contributed by atoms with van der Waals surface area (Å²) in [6, 6.07) is 2.59. The Balaban J connectivity index is 2.20. The van der Waals surface area contributed by atoms with Crippen LogP contribution in [0.4, 0.5) is 0 Å². The van der Waals surface area contributed by atoms with E-state index in [0.717, 1.165) is 19.3 Å². The molecular formula is C9H9NS2. The second-order valence-corrected chi connectivity index (χ2v) is 4.17. The molecule has 0 aliphatic heterocycles. The van der Waals surface area contributed by atoms with Crippen LogP contribution in [0.5, 0.6) is 0 Å². The van der Waals surface area contributed by atoms with Crippen LogP contribution >= 0.6 is 23.6 Å². The average molecular weight is 195 g/mol. The number of fused-ring (bicyclic) bond motifs is 1. The minimum atomic E-state index is 0.393. The summed E-state index contributed by atoms with van der Waals surface area (Å²) < 4.78 is 0. The van der Waals surface area contributed by atoms with E-state index in [2.05, 4.69) is 33.8 Å². The number of rotatable bonds is 1. The van der Waals surface area contributed by atoms with Gasteiger partial charge < -0.3 is 0 Å². The number of thiophene rings is 1. The molecule has 1 aromatic heterocycles. The maximum Gasteiger partial charge on any atom is 0.0646 e. The summed E-state index contributed by atoms with van der Waals surface area (Å²) in [5.74, 6) is 0. The molecule has 62 valence electrons. The van der Waals surface area contributed by atoms with Crippen LogP contribution in [0, 0.1) is 0 Å². The summed E-state index contributed by atoms with van der Waals surface area (Å²) in [6.45, 7) is 0. The first-order valence-electron chi connectivity index (χ1n) is 4.02. The SMILES string of the molecule is S=C=NC1CCc2sccc2C1. The van der Waals surface area contributed by atoms with Crippen molar-refractivity contribution in [3.63, 3.8) is 0 Å². The molecule has 0 fully saturated rings. The topological polar surface area (TPSA) is 12.4 Å². The van der Waals surface area contributed by atoms with Gasteiger partial charge in [-0.1, -0.05) is 0 Å². The van der Waals surface area contributed by atoms with Crippen LogP contribution in [0.1, 0.15) is 16.9 Å². The number of isothiocyanates is 1.